The monoisotopic (exact) mass is 404 g/mol. The second-order valence-corrected chi connectivity index (χ2v) is 7.53. The molecule has 0 bridgehead atoms. The number of unbranched alkanes of at least 4 members (excludes halogenated alkanes) is 2. The third kappa shape index (κ3) is 5.23. The summed E-state index contributed by atoms with van der Waals surface area (Å²) in [7, 11) is 1.36. The summed E-state index contributed by atoms with van der Waals surface area (Å²) in [6, 6.07) is 15.2. The summed E-state index contributed by atoms with van der Waals surface area (Å²) in [6.45, 7) is 4.19. The minimum Gasteiger partial charge on any atom is -0.465 e. The molecule has 0 fully saturated rings. The molecule has 5 nitrogen and oxygen atoms in total. The first-order valence-corrected chi connectivity index (χ1v) is 10.4. The Bertz CT molecular complexity index is 1050. The number of aromatic amines is 1. The first-order chi connectivity index (χ1) is 14.5. The zero-order valence-corrected chi connectivity index (χ0v) is 17.8. The molecule has 0 amide bonds. The first-order valence-electron chi connectivity index (χ1n) is 10.4. The smallest absolute Gasteiger partial charge is 0.337 e. The second kappa shape index (κ2) is 10.0. The van der Waals surface area contributed by atoms with Crippen molar-refractivity contribution in [1.29, 1.82) is 0 Å². The van der Waals surface area contributed by atoms with Crippen LogP contribution in [0.15, 0.2) is 53.3 Å². The molecule has 3 rings (SSSR count). The molecule has 0 aliphatic rings. The lowest BCUT2D eigenvalue weighted by Gasteiger charge is -2.11. The Balaban J connectivity index is 1.94. The van der Waals surface area contributed by atoms with Gasteiger partial charge in [-0.2, -0.15) is 0 Å². The molecule has 2 aromatic carbocycles. The van der Waals surface area contributed by atoms with E-state index in [1.165, 1.54) is 7.11 Å². The van der Waals surface area contributed by atoms with Crippen LogP contribution >= 0.6 is 0 Å². The summed E-state index contributed by atoms with van der Waals surface area (Å²) < 4.78 is 4.75. The largest absolute Gasteiger partial charge is 0.465 e. The molecule has 0 saturated carbocycles. The highest BCUT2D eigenvalue weighted by Gasteiger charge is 2.14. The summed E-state index contributed by atoms with van der Waals surface area (Å²) in [6.07, 6.45) is 4.44. The molecule has 0 saturated heterocycles. The molecule has 0 unspecified atom stereocenters. The Morgan fingerprint density at radius 2 is 1.73 bits per heavy atom. The number of nitrogens with zero attached hydrogens (tertiary/aromatic N) is 1. The highest BCUT2D eigenvalue weighted by atomic mass is 16.5. The fourth-order valence-electron chi connectivity index (χ4n) is 3.40. The average molecular weight is 405 g/mol. The van der Waals surface area contributed by atoms with Gasteiger partial charge in [-0.3, -0.25) is 4.79 Å². The van der Waals surface area contributed by atoms with Crippen molar-refractivity contribution in [1.82, 2.24) is 9.97 Å². The van der Waals surface area contributed by atoms with Gasteiger partial charge in [-0.1, -0.05) is 61.7 Å². The van der Waals surface area contributed by atoms with E-state index in [2.05, 4.69) is 11.9 Å². The van der Waals surface area contributed by atoms with E-state index in [0.29, 0.717) is 23.4 Å². The van der Waals surface area contributed by atoms with Crippen molar-refractivity contribution >= 4 is 5.97 Å². The van der Waals surface area contributed by atoms with Gasteiger partial charge in [0.15, 0.2) is 0 Å². The van der Waals surface area contributed by atoms with Crippen LogP contribution in [0.1, 0.15) is 58.9 Å². The van der Waals surface area contributed by atoms with Gasteiger partial charge >= 0.3 is 5.97 Å². The van der Waals surface area contributed by atoms with Gasteiger partial charge < -0.3 is 9.72 Å². The Morgan fingerprint density at radius 3 is 2.37 bits per heavy atom. The van der Waals surface area contributed by atoms with Crippen LogP contribution < -0.4 is 5.56 Å². The topological polar surface area (TPSA) is 72.0 Å². The molecule has 156 valence electrons. The molecule has 0 aliphatic heterocycles. The van der Waals surface area contributed by atoms with Crippen LogP contribution in [0.4, 0.5) is 0 Å². The SMILES string of the molecule is CCCCCc1nc(-c2ccc(C)cc2)[nH]c(=O)c1Cc1ccc(C(=O)OC)cc1. The summed E-state index contributed by atoms with van der Waals surface area (Å²) in [4.78, 5) is 32.4. The van der Waals surface area contributed by atoms with E-state index in [-0.39, 0.29) is 11.5 Å². The molecule has 30 heavy (non-hydrogen) atoms. The number of rotatable bonds is 8. The zero-order valence-electron chi connectivity index (χ0n) is 17.8. The maximum absolute atomic E-state index is 13.0. The highest BCUT2D eigenvalue weighted by Crippen LogP contribution is 2.19. The third-order valence-electron chi connectivity index (χ3n) is 5.20. The molecule has 1 aromatic heterocycles. The Kier molecular flexibility index (Phi) is 7.17. The molecule has 0 radical (unpaired) electrons. The van der Waals surface area contributed by atoms with Gasteiger partial charge in [-0.05, 0) is 37.5 Å². The molecule has 0 aliphatic carbocycles. The van der Waals surface area contributed by atoms with Crippen molar-refractivity contribution < 1.29 is 9.53 Å². The second-order valence-electron chi connectivity index (χ2n) is 7.53. The Hall–Kier alpha value is -3.21. The maximum atomic E-state index is 13.0. The van der Waals surface area contributed by atoms with E-state index in [1.807, 2.05) is 43.3 Å². The molecule has 0 atom stereocenters. The van der Waals surface area contributed by atoms with E-state index in [9.17, 15) is 9.59 Å². The number of hydrogen-bond donors (Lipinski definition) is 1. The van der Waals surface area contributed by atoms with Crippen LogP contribution in [-0.4, -0.2) is 23.0 Å². The lowest BCUT2D eigenvalue weighted by Crippen LogP contribution is -2.19. The quantitative estimate of drug-likeness (QED) is 0.430. The lowest BCUT2D eigenvalue weighted by atomic mass is 10.00. The number of aromatic nitrogens is 2. The van der Waals surface area contributed by atoms with Crippen LogP contribution in [0, 0.1) is 6.92 Å². The maximum Gasteiger partial charge on any atom is 0.337 e. The number of ether oxygens (including phenoxy) is 1. The number of methoxy groups -OCH3 is 1. The van der Waals surface area contributed by atoms with Gasteiger partial charge in [-0.25, -0.2) is 9.78 Å². The van der Waals surface area contributed by atoms with Crippen molar-refractivity contribution in [3.05, 3.63) is 86.8 Å². The van der Waals surface area contributed by atoms with Crippen LogP contribution in [0.25, 0.3) is 11.4 Å². The number of nitrogens with one attached hydrogen (secondary N) is 1. The van der Waals surface area contributed by atoms with Crippen molar-refractivity contribution in [2.24, 2.45) is 0 Å². The van der Waals surface area contributed by atoms with E-state index >= 15 is 0 Å². The van der Waals surface area contributed by atoms with E-state index < -0.39 is 0 Å². The number of benzene rings is 2. The molecule has 1 heterocycles. The highest BCUT2D eigenvalue weighted by molar-refractivity contribution is 5.89. The summed E-state index contributed by atoms with van der Waals surface area (Å²) >= 11 is 0. The predicted molar refractivity (Wildman–Crippen MR) is 119 cm³/mol. The van der Waals surface area contributed by atoms with Crippen molar-refractivity contribution in [2.75, 3.05) is 7.11 Å². The van der Waals surface area contributed by atoms with Gasteiger partial charge in [0.2, 0.25) is 0 Å². The van der Waals surface area contributed by atoms with Crippen LogP contribution in [-0.2, 0) is 17.6 Å². The fourth-order valence-corrected chi connectivity index (χ4v) is 3.40. The predicted octanol–water partition coefficient (Wildman–Crippen LogP) is 4.86. The van der Waals surface area contributed by atoms with E-state index in [1.54, 1.807) is 12.1 Å². The molecular formula is C25H28N2O3. The fraction of sp³-hybridized carbons (Fsp3) is 0.320. The number of H-pyrrole nitrogens is 1. The standard InChI is InChI=1S/C25H28N2O3/c1-4-5-6-7-22-21(16-18-10-14-20(15-11-18)25(29)30-3)24(28)27-23(26-22)19-12-8-17(2)9-13-19/h8-15H,4-7,16H2,1-3H3,(H,26,27,28). The average Bonchev–Trinajstić information content (AvgIpc) is 2.76. The number of carbonyl (C=O) groups excluding carboxylic acids is 1. The van der Waals surface area contributed by atoms with Crippen LogP contribution in [0.5, 0.6) is 0 Å². The van der Waals surface area contributed by atoms with Crippen molar-refractivity contribution in [3.63, 3.8) is 0 Å². The van der Waals surface area contributed by atoms with Gasteiger partial charge in [0, 0.05) is 17.5 Å². The lowest BCUT2D eigenvalue weighted by molar-refractivity contribution is 0.0600. The number of hydrogen-bond acceptors (Lipinski definition) is 4. The minimum absolute atomic E-state index is 0.107. The van der Waals surface area contributed by atoms with E-state index in [4.69, 9.17) is 9.72 Å². The summed E-state index contributed by atoms with van der Waals surface area (Å²) in [5.74, 6) is 0.236. The van der Waals surface area contributed by atoms with Crippen LogP contribution in [0.2, 0.25) is 0 Å². The number of esters is 1. The van der Waals surface area contributed by atoms with Gasteiger partial charge in [0.25, 0.3) is 5.56 Å². The van der Waals surface area contributed by atoms with Gasteiger partial charge in [0.1, 0.15) is 5.82 Å². The number of carbonyl (C=O) groups is 1. The minimum atomic E-state index is -0.372. The van der Waals surface area contributed by atoms with Gasteiger partial charge in [-0.15, -0.1) is 0 Å². The number of aryl methyl sites for hydroxylation is 2. The Morgan fingerprint density at radius 1 is 1.03 bits per heavy atom. The molecule has 5 heteroatoms. The first kappa shape index (κ1) is 21.5. The third-order valence-corrected chi connectivity index (χ3v) is 5.20. The normalized spacial score (nSPS) is 10.8. The molecule has 0 spiro atoms. The zero-order chi connectivity index (χ0) is 21.5. The van der Waals surface area contributed by atoms with E-state index in [0.717, 1.165) is 48.1 Å². The van der Waals surface area contributed by atoms with Gasteiger partial charge in [0.05, 0.1) is 18.4 Å². The summed E-state index contributed by atoms with van der Waals surface area (Å²) in [5, 5.41) is 0. The molecule has 3 aromatic rings. The Labute approximate surface area is 177 Å². The molecular weight excluding hydrogens is 376 g/mol. The van der Waals surface area contributed by atoms with Crippen molar-refractivity contribution in [3.8, 4) is 11.4 Å². The van der Waals surface area contributed by atoms with Crippen LogP contribution in [0.3, 0.4) is 0 Å². The molecule has 1 N–H and O–H groups in total. The van der Waals surface area contributed by atoms with Crippen molar-refractivity contribution in [2.45, 2.75) is 46.0 Å². The summed E-state index contributed by atoms with van der Waals surface area (Å²) in [5.41, 5.74) is 4.94.